The van der Waals surface area contributed by atoms with E-state index in [-0.39, 0.29) is 5.91 Å². The number of nitrogens with one attached hydrogen (secondary N) is 2. The van der Waals surface area contributed by atoms with Gasteiger partial charge in [0.15, 0.2) is 0 Å². The van der Waals surface area contributed by atoms with Crippen LogP contribution in [0.1, 0.15) is 73.4 Å². The van der Waals surface area contributed by atoms with Crippen LogP contribution < -0.4 is 10.6 Å². The lowest BCUT2D eigenvalue weighted by Gasteiger charge is -2.21. The molecule has 0 radical (unpaired) electrons. The molecular formula is C31H46N2O3S2. The van der Waals surface area contributed by atoms with Crippen LogP contribution in [0, 0.1) is 12.8 Å². The van der Waals surface area contributed by atoms with E-state index < -0.39 is 12.0 Å². The van der Waals surface area contributed by atoms with Gasteiger partial charge in [0.05, 0.1) is 0 Å². The maximum Gasteiger partial charge on any atom is 0.326 e. The van der Waals surface area contributed by atoms with Crippen molar-refractivity contribution in [2.75, 3.05) is 30.6 Å². The molecule has 1 aliphatic carbocycles. The summed E-state index contributed by atoms with van der Waals surface area (Å²) in [5.41, 5.74) is 4.55. The molecule has 1 amide bonds. The highest BCUT2D eigenvalue weighted by atomic mass is 32.2. The summed E-state index contributed by atoms with van der Waals surface area (Å²) in [6, 6.07) is 13.0. The number of thioether (sulfide) groups is 2. The van der Waals surface area contributed by atoms with Crippen molar-refractivity contribution in [3.8, 4) is 11.1 Å². The quantitative estimate of drug-likeness (QED) is 0.229. The predicted octanol–water partition coefficient (Wildman–Crippen LogP) is 7.03. The first-order chi connectivity index (χ1) is 18.4. The van der Waals surface area contributed by atoms with Gasteiger partial charge >= 0.3 is 5.97 Å². The van der Waals surface area contributed by atoms with Crippen LogP contribution >= 0.6 is 23.5 Å². The van der Waals surface area contributed by atoms with E-state index in [9.17, 15) is 14.7 Å². The molecule has 0 bridgehead atoms. The Labute approximate surface area is 238 Å². The topological polar surface area (TPSA) is 78.4 Å². The van der Waals surface area contributed by atoms with Gasteiger partial charge in [-0.15, -0.1) is 0 Å². The summed E-state index contributed by atoms with van der Waals surface area (Å²) in [6.45, 7) is 5.93. The highest BCUT2D eigenvalue weighted by molar-refractivity contribution is 7.98. The molecule has 7 heteroatoms. The molecule has 1 fully saturated rings. The Morgan fingerprint density at radius 2 is 1.74 bits per heavy atom. The Balaban J connectivity index is 0.00000118. The van der Waals surface area contributed by atoms with Crippen molar-refractivity contribution in [3.63, 3.8) is 0 Å². The molecule has 0 aliphatic heterocycles. The molecule has 2 aromatic rings. The van der Waals surface area contributed by atoms with Crippen molar-refractivity contribution in [2.24, 2.45) is 5.92 Å². The van der Waals surface area contributed by atoms with Gasteiger partial charge in [0.25, 0.3) is 5.91 Å². The van der Waals surface area contributed by atoms with Crippen LogP contribution in [0.5, 0.6) is 0 Å². The minimum Gasteiger partial charge on any atom is -0.480 e. The molecule has 210 valence electrons. The third kappa shape index (κ3) is 11.0. The molecule has 5 nitrogen and oxygen atoms in total. The maximum atomic E-state index is 13.2. The highest BCUT2D eigenvalue weighted by Crippen LogP contribution is 2.29. The molecule has 0 aromatic heterocycles. The smallest absolute Gasteiger partial charge is 0.326 e. The van der Waals surface area contributed by atoms with Crippen LogP contribution in [0.3, 0.4) is 0 Å². The number of benzene rings is 2. The third-order valence-corrected chi connectivity index (χ3v) is 8.27. The Kier molecular flexibility index (Phi) is 15.6. The Bertz CT molecular complexity index is 991. The molecule has 1 atom stereocenters. The van der Waals surface area contributed by atoms with Crippen LogP contribution in [0.4, 0.5) is 0 Å². The van der Waals surface area contributed by atoms with E-state index in [1.807, 2.05) is 61.3 Å². The number of carboxylic acid groups (broad SMARTS) is 1. The van der Waals surface area contributed by atoms with Crippen LogP contribution in [0.15, 0.2) is 42.5 Å². The van der Waals surface area contributed by atoms with Crippen LogP contribution in [-0.4, -0.2) is 53.6 Å². The number of carbonyl (C=O) groups is 2. The fourth-order valence-corrected chi connectivity index (χ4v) is 5.21. The number of hydrogen-bond donors (Lipinski definition) is 3. The molecule has 1 aliphatic rings. The van der Waals surface area contributed by atoms with Crippen molar-refractivity contribution in [2.45, 2.75) is 71.4 Å². The largest absolute Gasteiger partial charge is 0.480 e. The van der Waals surface area contributed by atoms with Crippen LogP contribution in [-0.2, 0) is 11.3 Å². The average molecular weight is 559 g/mol. The zero-order chi connectivity index (χ0) is 27.8. The number of carboxylic acids is 1. The number of amides is 1. The summed E-state index contributed by atoms with van der Waals surface area (Å²) in [4.78, 5) is 24.8. The average Bonchev–Trinajstić information content (AvgIpc) is 2.94. The van der Waals surface area contributed by atoms with Gasteiger partial charge in [-0.2, -0.15) is 23.5 Å². The van der Waals surface area contributed by atoms with Crippen molar-refractivity contribution in [1.29, 1.82) is 0 Å². The first-order valence-corrected chi connectivity index (χ1v) is 16.6. The number of rotatable bonds is 13. The number of aliphatic carboxylic acids is 1. The maximum absolute atomic E-state index is 13.2. The van der Waals surface area contributed by atoms with E-state index in [4.69, 9.17) is 0 Å². The van der Waals surface area contributed by atoms with E-state index in [0.717, 1.165) is 41.3 Å². The monoisotopic (exact) mass is 558 g/mol. The Hall–Kier alpha value is -1.96. The van der Waals surface area contributed by atoms with Gasteiger partial charge in [0.2, 0.25) is 0 Å². The van der Waals surface area contributed by atoms with Gasteiger partial charge in [-0.05, 0) is 90.6 Å². The predicted molar refractivity (Wildman–Crippen MR) is 165 cm³/mol. The van der Waals surface area contributed by atoms with Crippen molar-refractivity contribution in [1.82, 2.24) is 10.6 Å². The minimum atomic E-state index is -1.00. The standard InChI is InChI=1S/C28H38N2O3S.C3H8S/c1-20-8-6-7-11-23(20)25-18-22(19-29-16-14-21-9-4-3-5-10-21)12-13-24(25)27(31)30-26(28(32)33)15-17-34-2;1-3-4-2/h6-8,11-13,18,21,26,29H,3-5,9-10,14-17,19H2,1-2H3,(H,30,31)(H,32,33);3H2,1-2H3. The van der Waals surface area contributed by atoms with Gasteiger partial charge in [0.1, 0.15) is 6.04 Å². The Morgan fingerprint density at radius 3 is 2.37 bits per heavy atom. The van der Waals surface area contributed by atoms with E-state index in [0.29, 0.717) is 17.7 Å². The molecule has 0 heterocycles. The normalized spacial score (nSPS) is 14.3. The lowest BCUT2D eigenvalue weighted by molar-refractivity contribution is -0.139. The molecule has 1 saturated carbocycles. The fraction of sp³-hybridized carbons (Fsp3) is 0.548. The molecule has 38 heavy (non-hydrogen) atoms. The van der Waals surface area contributed by atoms with Gasteiger partial charge in [0, 0.05) is 12.1 Å². The molecule has 1 unspecified atom stereocenters. The Morgan fingerprint density at radius 1 is 1.03 bits per heavy atom. The lowest BCUT2D eigenvalue weighted by Crippen LogP contribution is -2.41. The van der Waals surface area contributed by atoms with Gasteiger partial charge in [-0.25, -0.2) is 4.79 Å². The second-order valence-corrected chi connectivity index (χ2v) is 12.0. The molecule has 0 saturated heterocycles. The van der Waals surface area contributed by atoms with Crippen molar-refractivity contribution in [3.05, 3.63) is 59.2 Å². The lowest BCUT2D eigenvalue weighted by atomic mass is 9.87. The summed E-state index contributed by atoms with van der Waals surface area (Å²) in [5.74, 6) is 1.42. The zero-order valence-electron chi connectivity index (χ0n) is 23.6. The SMILES string of the molecule is CCSC.CSCCC(NC(=O)c1ccc(CNCCC2CCCCC2)cc1-c1ccccc1C)C(=O)O. The second kappa shape index (κ2) is 18.3. The molecule has 3 rings (SSSR count). The van der Waals surface area contributed by atoms with E-state index in [2.05, 4.69) is 29.9 Å². The van der Waals surface area contributed by atoms with Crippen LogP contribution in [0.25, 0.3) is 11.1 Å². The number of carbonyl (C=O) groups excluding carboxylic acids is 1. The molecule has 3 N–H and O–H groups in total. The van der Waals surface area contributed by atoms with E-state index in [1.54, 1.807) is 11.8 Å². The molecular weight excluding hydrogens is 512 g/mol. The summed E-state index contributed by atoms with van der Waals surface area (Å²) in [5, 5.41) is 15.9. The molecule has 2 aromatic carbocycles. The summed E-state index contributed by atoms with van der Waals surface area (Å²) in [7, 11) is 0. The van der Waals surface area contributed by atoms with Crippen LogP contribution in [0.2, 0.25) is 0 Å². The number of hydrogen-bond acceptors (Lipinski definition) is 5. The van der Waals surface area contributed by atoms with E-state index >= 15 is 0 Å². The van der Waals surface area contributed by atoms with Gasteiger partial charge in [-0.3, -0.25) is 4.79 Å². The van der Waals surface area contributed by atoms with Crippen molar-refractivity contribution >= 4 is 35.4 Å². The van der Waals surface area contributed by atoms with Gasteiger partial charge < -0.3 is 15.7 Å². The molecule has 0 spiro atoms. The zero-order valence-corrected chi connectivity index (χ0v) is 25.2. The summed E-state index contributed by atoms with van der Waals surface area (Å²) < 4.78 is 0. The van der Waals surface area contributed by atoms with Gasteiger partial charge in [-0.1, -0.05) is 69.4 Å². The van der Waals surface area contributed by atoms with Crippen molar-refractivity contribution < 1.29 is 14.7 Å². The second-order valence-electron chi connectivity index (χ2n) is 9.89. The fourth-order valence-electron chi connectivity index (χ4n) is 4.74. The van der Waals surface area contributed by atoms with E-state index in [1.165, 1.54) is 44.3 Å². The highest BCUT2D eigenvalue weighted by Gasteiger charge is 2.22. The first kappa shape index (κ1) is 32.3. The summed E-state index contributed by atoms with van der Waals surface area (Å²) in [6.07, 6.45) is 12.5. The third-order valence-electron chi connectivity index (χ3n) is 7.05. The summed E-state index contributed by atoms with van der Waals surface area (Å²) >= 11 is 3.43. The number of aryl methyl sites for hydroxylation is 1. The first-order valence-electron chi connectivity index (χ1n) is 13.8. The minimum absolute atomic E-state index is 0.344.